The average molecular weight is 369 g/mol. The first kappa shape index (κ1) is 17.7. The molecule has 2 aromatic rings. The Labute approximate surface area is 133 Å². The second-order valence-corrected chi connectivity index (χ2v) is 7.08. The molecular weight excluding hydrogens is 358 g/mol. The summed E-state index contributed by atoms with van der Waals surface area (Å²) in [6.45, 7) is -0.184. The molecule has 0 atom stereocenters. The highest BCUT2D eigenvalue weighted by Crippen LogP contribution is 2.32. The molecule has 0 aliphatic carbocycles. The van der Waals surface area contributed by atoms with Crippen LogP contribution >= 0.6 is 11.3 Å². The zero-order valence-electron chi connectivity index (χ0n) is 11.7. The first-order chi connectivity index (χ1) is 10.8. The smallest absolute Gasteiger partial charge is 0.246 e. The minimum absolute atomic E-state index is 0.184. The Kier molecular flexibility index (Phi) is 5.27. The number of hydrogen-bond acceptors (Lipinski definition) is 4. The van der Waals surface area contributed by atoms with Gasteiger partial charge in [0.05, 0.1) is 7.11 Å². The topological polar surface area (TPSA) is 55.4 Å². The van der Waals surface area contributed by atoms with Crippen LogP contribution in [0.4, 0.5) is 17.6 Å². The van der Waals surface area contributed by atoms with Crippen molar-refractivity contribution in [2.24, 2.45) is 0 Å². The maximum absolute atomic E-state index is 13.8. The standard InChI is InChI=1S/C13H11F4NO3S2/c1-21-12-8(14)10(16)13(11(17)9(12)15)23(19,20)18-5-4-7-3-2-6-22-7/h2-3,6,18H,4-5H2,1H3. The van der Waals surface area contributed by atoms with Crippen molar-refractivity contribution in [3.63, 3.8) is 0 Å². The van der Waals surface area contributed by atoms with Gasteiger partial charge >= 0.3 is 0 Å². The fraction of sp³-hybridized carbons (Fsp3) is 0.231. The quantitative estimate of drug-likeness (QED) is 0.629. The molecule has 0 bridgehead atoms. The monoisotopic (exact) mass is 369 g/mol. The minimum Gasteiger partial charge on any atom is -0.491 e. The number of rotatable bonds is 6. The molecule has 1 aromatic heterocycles. The minimum atomic E-state index is -4.78. The number of hydrogen-bond donors (Lipinski definition) is 1. The van der Waals surface area contributed by atoms with E-state index in [1.807, 2.05) is 4.72 Å². The van der Waals surface area contributed by atoms with Crippen molar-refractivity contribution in [3.8, 4) is 5.75 Å². The molecule has 0 aliphatic heterocycles. The first-order valence-electron chi connectivity index (χ1n) is 6.21. The van der Waals surface area contributed by atoms with Gasteiger partial charge in [0, 0.05) is 11.4 Å². The van der Waals surface area contributed by atoms with Gasteiger partial charge in [-0.15, -0.1) is 11.3 Å². The molecule has 4 nitrogen and oxygen atoms in total. The SMILES string of the molecule is COc1c(F)c(F)c(S(=O)(=O)NCCc2cccs2)c(F)c1F. The van der Waals surface area contributed by atoms with E-state index < -0.39 is 43.9 Å². The third-order valence-corrected chi connectivity index (χ3v) is 5.32. The molecule has 0 radical (unpaired) electrons. The third kappa shape index (κ3) is 3.48. The Bertz CT molecular complexity index is 778. The highest BCUT2D eigenvalue weighted by molar-refractivity contribution is 7.89. The number of sulfonamides is 1. The number of ether oxygens (including phenoxy) is 1. The van der Waals surface area contributed by atoms with Gasteiger partial charge < -0.3 is 4.74 Å². The van der Waals surface area contributed by atoms with Crippen LogP contribution in [-0.4, -0.2) is 22.1 Å². The summed E-state index contributed by atoms with van der Waals surface area (Å²) in [6.07, 6.45) is 0.265. The van der Waals surface area contributed by atoms with Crippen molar-refractivity contribution in [1.29, 1.82) is 0 Å². The molecule has 126 valence electrons. The van der Waals surface area contributed by atoms with Gasteiger partial charge in [0.1, 0.15) is 0 Å². The predicted molar refractivity (Wildman–Crippen MR) is 76.0 cm³/mol. The second kappa shape index (κ2) is 6.85. The zero-order chi connectivity index (χ0) is 17.2. The Balaban J connectivity index is 2.32. The van der Waals surface area contributed by atoms with Crippen LogP contribution in [0.1, 0.15) is 4.88 Å². The largest absolute Gasteiger partial charge is 0.491 e. The van der Waals surface area contributed by atoms with Gasteiger partial charge in [0.25, 0.3) is 0 Å². The highest BCUT2D eigenvalue weighted by atomic mass is 32.2. The van der Waals surface area contributed by atoms with E-state index in [9.17, 15) is 26.0 Å². The molecule has 0 spiro atoms. The van der Waals surface area contributed by atoms with Gasteiger partial charge in [-0.25, -0.2) is 21.9 Å². The van der Waals surface area contributed by atoms with E-state index in [1.54, 1.807) is 17.5 Å². The van der Waals surface area contributed by atoms with E-state index in [4.69, 9.17) is 0 Å². The molecule has 23 heavy (non-hydrogen) atoms. The summed E-state index contributed by atoms with van der Waals surface area (Å²) in [5.41, 5.74) is 0. The lowest BCUT2D eigenvalue weighted by Gasteiger charge is -2.12. The number of benzene rings is 1. The summed E-state index contributed by atoms with van der Waals surface area (Å²) in [5, 5.41) is 1.78. The fourth-order valence-electron chi connectivity index (χ4n) is 1.84. The van der Waals surface area contributed by atoms with Crippen molar-refractivity contribution in [1.82, 2.24) is 4.72 Å². The summed E-state index contributed by atoms with van der Waals surface area (Å²) < 4.78 is 84.8. The van der Waals surface area contributed by atoms with Crippen molar-refractivity contribution < 1.29 is 30.7 Å². The van der Waals surface area contributed by atoms with Gasteiger partial charge in [-0.3, -0.25) is 0 Å². The number of nitrogens with one attached hydrogen (secondary N) is 1. The molecule has 1 heterocycles. The molecule has 10 heteroatoms. The molecule has 0 fully saturated rings. The van der Waals surface area contributed by atoms with E-state index in [1.165, 1.54) is 11.3 Å². The third-order valence-electron chi connectivity index (χ3n) is 2.90. The average Bonchev–Trinajstić information content (AvgIpc) is 2.99. The number of halogens is 4. The lowest BCUT2D eigenvalue weighted by Crippen LogP contribution is -2.28. The van der Waals surface area contributed by atoms with Crippen LogP contribution in [0, 0.1) is 23.3 Å². The summed E-state index contributed by atoms with van der Waals surface area (Å²) in [6, 6.07) is 3.49. The fourth-order valence-corrected chi connectivity index (χ4v) is 3.72. The maximum atomic E-state index is 13.8. The molecular formula is C13H11F4NO3S2. The Morgan fingerprint density at radius 2 is 1.74 bits per heavy atom. The lowest BCUT2D eigenvalue weighted by molar-refractivity contribution is 0.322. The molecule has 2 rings (SSSR count). The second-order valence-electron chi connectivity index (χ2n) is 4.35. The van der Waals surface area contributed by atoms with E-state index in [0.29, 0.717) is 0 Å². The molecule has 0 unspecified atom stereocenters. The Morgan fingerprint density at radius 3 is 2.22 bits per heavy atom. The molecule has 0 aliphatic rings. The molecule has 1 aromatic carbocycles. The summed E-state index contributed by atoms with van der Waals surface area (Å²) in [4.78, 5) is -0.875. The van der Waals surface area contributed by atoms with E-state index >= 15 is 0 Å². The Morgan fingerprint density at radius 1 is 1.13 bits per heavy atom. The number of thiophene rings is 1. The van der Waals surface area contributed by atoms with Gasteiger partial charge in [-0.05, 0) is 17.9 Å². The summed E-state index contributed by atoms with van der Waals surface area (Å²) >= 11 is 1.37. The molecule has 0 saturated carbocycles. The lowest BCUT2D eigenvalue weighted by atomic mass is 10.3. The molecule has 1 N–H and O–H groups in total. The summed E-state index contributed by atoms with van der Waals surface area (Å²) in [7, 11) is -3.98. The van der Waals surface area contributed by atoms with Gasteiger partial charge in [-0.1, -0.05) is 6.07 Å². The van der Waals surface area contributed by atoms with E-state index in [-0.39, 0.29) is 13.0 Å². The van der Waals surface area contributed by atoms with Crippen LogP contribution in [0.2, 0.25) is 0 Å². The van der Waals surface area contributed by atoms with E-state index in [2.05, 4.69) is 4.74 Å². The van der Waals surface area contributed by atoms with Crippen LogP contribution in [0.15, 0.2) is 22.4 Å². The van der Waals surface area contributed by atoms with Crippen molar-refractivity contribution >= 4 is 21.4 Å². The van der Waals surface area contributed by atoms with Crippen molar-refractivity contribution in [2.75, 3.05) is 13.7 Å². The van der Waals surface area contributed by atoms with Gasteiger partial charge in [-0.2, -0.15) is 8.78 Å². The zero-order valence-corrected chi connectivity index (χ0v) is 13.3. The van der Waals surface area contributed by atoms with Crippen LogP contribution in [-0.2, 0) is 16.4 Å². The van der Waals surface area contributed by atoms with E-state index in [0.717, 1.165) is 12.0 Å². The maximum Gasteiger partial charge on any atom is 0.246 e. The van der Waals surface area contributed by atoms with Crippen molar-refractivity contribution in [3.05, 3.63) is 45.7 Å². The predicted octanol–water partition coefficient (Wildman–Crippen LogP) is 2.83. The molecule has 0 saturated heterocycles. The van der Waals surface area contributed by atoms with Crippen LogP contribution < -0.4 is 9.46 Å². The van der Waals surface area contributed by atoms with Crippen LogP contribution in [0.5, 0.6) is 5.75 Å². The van der Waals surface area contributed by atoms with Gasteiger partial charge in [0.15, 0.2) is 22.3 Å². The highest BCUT2D eigenvalue weighted by Gasteiger charge is 2.33. The van der Waals surface area contributed by atoms with Crippen LogP contribution in [0.25, 0.3) is 0 Å². The summed E-state index contributed by atoms with van der Waals surface area (Å²) in [5.74, 6) is -9.22. The number of methoxy groups -OCH3 is 1. The first-order valence-corrected chi connectivity index (χ1v) is 8.57. The van der Waals surface area contributed by atoms with Gasteiger partial charge in [0.2, 0.25) is 21.7 Å². The van der Waals surface area contributed by atoms with Crippen molar-refractivity contribution in [2.45, 2.75) is 11.3 Å². The Hall–Kier alpha value is -1.65. The normalized spacial score (nSPS) is 11.7. The molecule has 0 amide bonds. The van der Waals surface area contributed by atoms with Crippen LogP contribution in [0.3, 0.4) is 0 Å².